The van der Waals surface area contributed by atoms with Crippen LogP contribution >= 0.6 is 0 Å². The molecule has 0 radical (unpaired) electrons. The van der Waals surface area contributed by atoms with Gasteiger partial charge < -0.3 is 58.7 Å². The SMILES string of the molecule is C[C@H](NC(=O)CN)C(=O)NCC(=O)N[C@@H](CCC(N)=O)C(=O)N1CCC[C@H]1C(=O)N1CCC[C@H]1C(=O)N[C@@H](CCCNC(=N)N)C(=O)O. The second-order valence-corrected chi connectivity index (χ2v) is 11.6. The standard InChI is InChI=1S/C28H47N11O9/c1-15(35-21(41)13-29)23(43)34-14-22(42)36-16(8-9-20(30)40)25(45)39-12-4-7-19(39)26(46)38-11-3-6-18(38)24(44)37-17(27(47)48)5-2-10-33-28(31)32/h15-19H,2-14,29H2,1H3,(H2,30,40)(H,34,43)(H,35,41)(H,36,42)(H,37,44)(H,47,48)(H4,31,32,33)/t15-,16-,17-,18-,19-/m0/s1. The smallest absolute Gasteiger partial charge is 0.326 e. The number of nitrogens with two attached hydrogens (primary N) is 3. The predicted molar refractivity (Wildman–Crippen MR) is 168 cm³/mol. The summed E-state index contributed by atoms with van der Waals surface area (Å²) in [5, 5.41) is 29.0. The van der Waals surface area contributed by atoms with E-state index < -0.39 is 84.1 Å². The van der Waals surface area contributed by atoms with Crippen molar-refractivity contribution in [2.75, 3.05) is 32.7 Å². The maximum absolute atomic E-state index is 13.8. The van der Waals surface area contributed by atoms with Gasteiger partial charge in [0.2, 0.25) is 41.4 Å². The van der Waals surface area contributed by atoms with Crippen molar-refractivity contribution in [2.45, 2.75) is 88.5 Å². The van der Waals surface area contributed by atoms with Crippen LogP contribution < -0.4 is 43.8 Å². The van der Waals surface area contributed by atoms with Crippen LogP contribution in [0.5, 0.6) is 0 Å². The number of nitrogens with zero attached hydrogens (tertiary/aromatic N) is 2. The zero-order valence-corrected chi connectivity index (χ0v) is 26.9. The average Bonchev–Trinajstić information content (AvgIpc) is 3.73. The molecule has 0 aliphatic carbocycles. The van der Waals surface area contributed by atoms with E-state index in [-0.39, 0.29) is 64.2 Å². The Kier molecular flexibility index (Phi) is 15.5. The second-order valence-electron chi connectivity index (χ2n) is 11.6. The number of aliphatic carboxylic acids is 1. The Morgan fingerprint density at radius 2 is 1.50 bits per heavy atom. The van der Waals surface area contributed by atoms with Gasteiger partial charge in [0.25, 0.3) is 0 Å². The molecule has 0 aromatic carbocycles. The van der Waals surface area contributed by atoms with Crippen molar-refractivity contribution in [1.29, 1.82) is 5.41 Å². The van der Waals surface area contributed by atoms with Gasteiger partial charge in [0.05, 0.1) is 13.1 Å². The van der Waals surface area contributed by atoms with Gasteiger partial charge in [-0.1, -0.05) is 0 Å². The van der Waals surface area contributed by atoms with Gasteiger partial charge in [-0.25, -0.2) is 4.79 Å². The highest BCUT2D eigenvalue weighted by Gasteiger charge is 2.44. The topological polar surface area (TPSA) is 325 Å². The largest absolute Gasteiger partial charge is 0.480 e. The Hall–Kier alpha value is -5.01. The Morgan fingerprint density at radius 1 is 0.854 bits per heavy atom. The lowest BCUT2D eigenvalue weighted by atomic mass is 10.1. The number of amides is 7. The summed E-state index contributed by atoms with van der Waals surface area (Å²) >= 11 is 0. The fourth-order valence-electron chi connectivity index (χ4n) is 5.51. The number of rotatable bonds is 18. The minimum atomic E-state index is -1.27. The molecule has 0 unspecified atom stereocenters. The third kappa shape index (κ3) is 12.0. The number of likely N-dealkylation sites (tertiary alicyclic amines) is 2. The van der Waals surface area contributed by atoms with Crippen LogP contribution in [-0.2, 0) is 38.4 Å². The molecular weight excluding hydrogens is 634 g/mol. The molecule has 0 aromatic heterocycles. The monoisotopic (exact) mass is 681 g/mol. The zero-order chi connectivity index (χ0) is 36.0. The van der Waals surface area contributed by atoms with Crippen LogP contribution in [0.25, 0.3) is 0 Å². The fourth-order valence-corrected chi connectivity index (χ4v) is 5.51. The third-order valence-electron chi connectivity index (χ3n) is 7.95. The Labute approximate surface area is 277 Å². The molecule has 2 rings (SSSR count). The molecule has 2 heterocycles. The van der Waals surface area contributed by atoms with Crippen molar-refractivity contribution in [2.24, 2.45) is 17.2 Å². The van der Waals surface area contributed by atoms with Gasteiger partial charge in [-0.2, -0.15) is 0 Å². The summed E-state index contributed by atoms with van der Waals surface area (Å²) in [4.78, 5) is 103. The Balaban J connectivity index is 2.09. The summed E-state index contributed by atoms with van der Waals surface area (Å²) in [5.41, 5.74) is 15.7. The summed E-state index contributed by atoms with van der Waals surface area (Å²) in [7, 11) is 0. The van der Waals surface area contributed by atoms with Gasteiger partial charge in [-0.3, -0.25) is 39.0 Å². The van der Waals surface area contributed by atoms with Crippen LogP contribution in [0.4, 0.5) is 0 Å². The molecule has 0 saturated carbocycles. The number of guanidine groups is 1. The van der Waals surface area contributed by atoms with Gasteiger partial charge in [-0.15, -0.1) is 0 Å². The van der Waals surface area contributed by atoms with Crippen LogP contribution in [0.2, 0.25) is 0 Å². The highest BCUT2D eigenvalue weighted by atomic mass is 16.4. The number of carboxylic acids is 1. The first-order chi connectivity index (χ1) is 22.7. The molecule has 20 nitrogen and oxygen atoms in total. The molecule has 5 atom stereocenters. The Morgan fingerprint density at radius 3 is 2.10 bits per heavy atom. The van der Waals surface area contributed by atoms with Gasteiger partial charge >= 0.3 is 5.97 Å². The fraction of sp³-hybridized carbons (Fsp3) is 0.679. The molecule has 268 valence electrons. The minimum Gasteiger partial charge on any atom is -0.480 e. The number of carbonyl (C=O) groups is 8. The summed E-state index contributed by atoms with van der Waals surface area (Å²) in [6.07, 6.45) is 1.39. The molecule has 7 amide bonds. The summed E-state index contributed by atoms with van der Waals surface area (Å²) in [6, 6.07) is -5.42. The zero-order valence-electron chi connectivity index (χ0n) is 26.9. The molecule has 2 aliphatic heterocycles. The first kappa shape index (κ1) is 39.2. The summed E-state index contributed by atoms with van der Waals surface area (Å²) in [5.74, 6) is -6.08. The van der Waals surface area contributed by atoms with Crippen molar-refractivity contribution >= 4 is 53.3 Å². The molecule has 13 N–H and O–H groups in total. The molecule has 0 spiro atoms. The Bertz CT molecular complexity index is 1250. The molecule has 0 bridgehead atoms. The summed E-state index contributed by atoms with van der Waals surface area (Å²) in [6.45, 7) is 1.10. The molecule has 2 aliphatic rings. The van der Waals surface area contributed by atoms with Crippen LogP contribution in [0, 0.1) is 5.41 Å². The van der Waals surface area contributed by atoms with E-state index in [1.807, 2.05) is 0 Å². The van der Waals surface area contributed by atoms with E-state index in [1.165, 1.54) is 16.7 Å². The van der Waals surface area contributed by atoms with Crippen molar-refractivity contribution < 1.29 is 43.5 Å². The summed E-state index contributed by atoms with van der Waals surface area (Å²) < 4.78 is 0. The van der Waals surface area contributed by atoms with Gasteiger partial charge in [-0.05, 0) is 51.9 Å². The maximum Gasteiger partial charge on any atom is 0.326 e. The van der Waals surface area contributed by atoms with E-state index in [9.17, 15) is 43.5 Å². The van der Waals surface area contributed by atoms with E-state index in [2.05, 4.69) is 26.6 Å². The van der Waals surface area contributed by atoms with Crippen LogP contribution in [-0.4, -0.2) is 131 Å². The lowest BCUT2D eigenvalue weighted by Crippen LogP contribution is -2.57. The first-order valence-corrected chi connectivity index (χ1v) is 15.7. The molecule has 2 saturated heterocycles. The number of primary amides is 1. The number of nitrogens with one attached hydrogen (secondary N) is 6. The maximum atomic E-state index is 13.8. The van der Waals surface area contributed by atoms with Crippen molar-refractivity contribution in [3.05, 3.63) is 0 Å². The van der Waals surface area contributed by atoms with Crippen LogP contribution in [0.15, 0.2) is 0 Å². The predicted octanol–water partition coefficient (Wildman–Crippen LogP) is -4.87. The number of carbonyl (C=O) groups excluding carboxylic acids is 7. The molecule has 48 heavy (non-hydrogen) atoms. The number of carboxylic acid groups (broad SMARTS) is 1. The third-order valence-corrected chi connectivity index (χ3v) is 7.95. The molecular formula is C28H47N11O9. The van der Waals surface area contributed by atoms with Crippen LogP contribution in [0.3, 0.4) is 0 Å². The number of hydrogen-bond acceptors (Lipinski definition) is 10. The first-order valence-electron chi connectivity index (χ1n) is 15.7. The molecule has 2 fully saturated rings. The van der Waals surface area contributed by atoms with E-state index in [0.29, 0.717) is 19.3 Å². The highest BCUT2D eigenvalue weighted by molar-refractivity contribution is 5.96. The molecule has 0 aromatic rings. The van der Waals surface area contributed by atoms with Gasteiger partial charge in [0.15, 0.2) is 5.96 Å². The van der Waals surface area contributed by atoms with Crippen molar-refractivity contribution in [1.82, 2.24) is 36.4 Å². The van der Waals surface area contributed by atoms with Gasteiger partial charge in [0, 0.05) is 26.1 Å². The quantitative estimate of drug-likeness (QED) is 0.0370. The highest BCUT2D eigenvalue weighted by Crippen LogP contribution is 2.26. The average molecular weight is 682 g/mol. The van der Waals surface area contributed by atoms with E-state index in [0.717, 1.165) is 0 Å². The van der Waals surface area contributed by atoms with Crippen molar-refractivity contribution in [3.8, 4) is 0 Å². The normalized spacial score (nSPS) is 19.0. The van der Waals surface area contributed by atoms with Gasteiger partial charge in [0.1, 0.15) is 30.2 Å². The second kappa shape index (κ2) is 19.0. The van der Waals surface area contributed by atoms with Crippen LogP contribution in [0.1, 0.15) is 58.3 Å². The minimum absolute atomic E-state index is 0.0545. The molecule has 20 heteroatoms. The van der Waals surface area contributed by atoms with E-state index >= 15 is 0 Å². The van der Waals surface area contributed by atoms with Crippen molar-refractivity contribution in [3.63, 3.8) is 0 Å². The lowest BCUT2D eigenvalue weighted by molar-refractivity contribution is -0.149. The van der Waals surface area contributed by atoms with E-state index in [1.54, 1.807) is 0 Å². The number of hydrogen-bond donors (Lipinski definition) is 10. The lowest BCUT2D eigenvalue weighted by Gasteiger charge is -2.33. The van der Waals surface area contributed by atoms with E-state index in [4.69, 9.17) is 22.6 Å².